The monoisotopic (exact) mass is 220 g/mol. The third-order valence-electron chi connectivity index (χ3n) is 1.08. The topological polar surface area (TPSA) is 40.5 Å². The van der Waals surface area contributed by atoms with Gasteiger partial charge in [-0.3, -0.25) is 0 Å². The first-order valence-corrected chi connectivity index (χ1v) is 4.73. The lowest BCUT2D eigenvalue weighted by atomic mass is 9.89. The first-order valence-electron chi connectivity index (χ1n) is 2.73. The quantitative estimate of drug-likeness (QED) is 0.557. The summed E-state index contributed by atoms with van der Waals surface area (Å²) in [5.74, 6) is 0. The molecule has 2 N–H and O–H groups in total. The second-order valence-corrected chi connectivity index (χ2v) is 3.37. The second kappa shape index (κ2) is 3.53. The average molecular weight is 221 g/mol. The molecule has 0 saturated heterocycles. The van der Waals surface area contributed by atoms with Crippen LogP contribution in [0.5, 0.6) is 0 Å². The third kappa shape index (κ3) is 1.82. The van der Waals surface area contributed by atoms with E-state index in [0.29, 0.717) is 4.78 Å². The molecule has 0 aliphatic rings. The fraction of sp³-hybridized carbons (Fsp3) is 0.200. The highest BCUT2D eigenvalue weighted by atomic mass is 79.9. The Bertz CT molecular complexity index is 213. The molecule has 1 aromatic rings. The molecule has 1 aromatic heterocycles. The maximum atomic E-state index is 8.68. The summed E-state index contributed by atoms with van der Waals surface area (Å²) in [5.41, 5.74) is 1.08. The van der Waals surface area contributed by atoms with Crippen molar-refractivity contribution in [2.24, 2.45) is 0 Å². The van der Waals surface area contributed by atoms with Gasteiger partial charge in [-0.25, -0.2) is 0 Å². The molecule has 0 aromatic carbocycles. The van der Waals surface area contributed by atoms with E-state index in [-0.39, 0.29) is 0 Å². The molecular weight excluding hydrogens is 215 g/mol. The minimum absolute atomic E-state index is 0.592. The van der Waals surface area contributed by atoms with E-state index < -0.39 is 7.12 Å². The zero-order valence-electron chi connectivity index (χ0n) is 5.12. The molecule has 10 heavy (non-hydrogen) atoms. The Morgan fingerprint density at radius 2 is 2.30 bits per heavy atom. The van der Waals surface area contributed by atoms with Crippen molar-refractivity contribution in [1.29, 1.82) is 0 Å². The minimum Gasteiger partial charge on any atom is -0.423 e. The lowest BCUT2D eigenvalue weighted by Crippen LogP contribution is -2.26. The summed E-state index contributed by atoms with van der Waals surface area (Å²) in [6.45, 7) is 0. The molecule has 0 aliphatic carbocycles. The van der Waals surface area contributed by atoms with Gasteiger partial charge in [-0.15, -0.1) is 0 Å². The van der Waals surface area contributed by atoms with Crippen molar-refractivity contribution in [2.45, 2.75) is 5.33 Å². The van der Waals surface area contributed by atoms with Gasteiger partial charge in [0.05, 0.1) is 0 Å². The van der Waals surface area contributed by atoms with Gasteiger partial charge in [-0.2, -0.15) is 11.3 Å². The average Bonchev–Trinajstić information content (AvgIpc) is 2.34. The molecule has 0 unspecified atom stereocenters. The molecule has 0 saturated carbocycles. The lowest BCUT2D eigenvalue weighted by Gasteiger charge is -1.88. The van der Waals surface area contributed by atoms with Crippen LogP contribution in [0.15, 0.2) is 11.4 Å². The summed E-state index contributed by atoms with van der Waals surface area (Å²) < 4.78 is 0.592. The van der Waals surface area contributed by atoms with E-state index in [1.54, 1.807) is 6.07 Å². The standard InChI is InChI=1S/C5H6BBrO2S/c7-2-4-1-5(6(8)9)10-3-4/h1,3,8-9H,2H2. The molecule has 0 spiro atoms. The van der Waals surface area contributed by atoms with Crippen molar-refractivity contribution in [3.8, 4) is 0 Å². The molecule has 0 bridgehead atoms. The molecule has 1 heterocycles. The number of thiophene rings is 1. The van der Waals surface area contributed by atoms with Gasteiger partial charge < -0.3 is 10.0 Å². The van der Waals surface area contributed by atoms with Crippen molar-refractivity contribution in [1.82, 2.24) is 0 Å². The number of halogens is 1. The van der Waals surface area contributed by atoms with E-state index in [0.717, 1.165) is 10.9 Å². The first-order chi connectivity index (χ1) is 4.74. The summed E-state index contributed by atoms with van der Waals surface area (Å²) >= 11 is 4.62. The summed E-state index contributed by atoms with van der Waals surface area (Å²) in [6.07, 6.45) is 0. The van der Waals surface area contributed by atoms with Crippen LogP contribution in [0.3, 0.4) is 0 Å². The van der Waals surface area contributed by atoms with Crippen LogP contribution >= 0.6 is 27.3 Å². The van der Waals surface area contributed by atoms with Crippen LogP contribution in [-0.4, -0.2) is 17.2 Å². The van der Waals surface area contributed by atoms with Gasteiger partial charge in [0.25, 0.3) is 0 Å². The van der Waals surface area contributed by atoms with Crippen molar-refractivity contribution in [3.05, 3.63) is 17.0 Å². The number of alkyl halides is 1. The Morgan fingerprint density at radius 1 is 1.60 bits per heavy atom. The van der Waals surface area contributed by atoms with E-state index in [1.165, 1.54) is 11.3 Å². The highest BCUT2D eigenvalue weighted by Gasteiger charge is 2.12. The van der Waals surface area contributed by atoms with Gasteiger partial charge >= 0.3 is 7.12 Å². The van der Waals surface area contributed by atoms with E-state index >= 15 is 0 Å². The normalized spacial score (nSPS) is 9.90. The van der Waals surface area contributed by atoms with Crippen LogP contribution in [0, 0.1) is 0 Å². The number of hydrogen-bond acceptors (Lipinski definition) is 3. The van der Waals surface area contributed by atoms with Crippen molar-refractivity contribution in [3.63, 3.8) is 0 Å². The molecule has 0 aliphatic heterocycles. The Morgan fingerprint density at radius 3 is 2.60 bits per heavy atom. The van der Waals surface area contributed by atoms with E-state index in [2.05, 4.69) is 15.9 Å². The van der Waals surface area contributed by atoms with Crippen molar-refractivity contribution >= 4 is 39.2 Å². The fourth-order valence-electron chi connectivity index (χ4n) is 0.600. The van der Waals surface area contributed by atoms with Crippen LogP contribution in [-0.2, 0) is 5.33 Å². The largest absolute Gasteiger partial charge is 0.499 e. The predicted octanol–water partition coefficient (Wildman–Crippen LogP) is 0.323. The maximum absolute atomic E-state index is 8.68. The number of rotatable bonds is 2. The first kappa shape index (κ1) is 8.26. The van der Waals surface area contributed by atoms with E-state index in [1.807, 2.05) is 5.38 Å². The van der Waals surface area contributed by atoms with Crippen LogP contribution in [0.2, 0.25) is 0 Å². The zero-order valence-corrected chi connectivity index (χ0v) is 7.52. The van der Waals surface area contributed by atoms with Gasteiger partial charge in [0.1, 0.15) is 0 Å². The highest BCUT2D eigenvalue weighted by Crippen LogP contribution is 2.07. The molecule has 0 amide bonds. The van der Waals surface area contributed by atoms with Crippen LogP contribution in [0.1, 0.15) is 5.56 Å². The second-order valence-electron chi connectivity index (χ2n) is 1.86. The Balaban J connectivity index is 2.78. The molecule has 0 fully saturated rings. The van der Waals surface area contributed by atoms with Gasteiger partial charge in [0.15, 0.2) is 0 Å². The highest BCUT2D eigenvalue weighted by molar-refractivity contribution is 9.08. The summed E-state index contributed by atoms with van der Waals surface area (Å²) in [5, 5.41) is 20.0. The molecule has 54 valence electrons. The summed E-state index contributed by atoms with van der Waals surface area (Å²) in [6, 6.07) is 1.77. The molecular formula is C5H6BBrO2S. The molecule has 5 heteroatoms. The van der Waals surface area contributed by atoms with Crippen LogP contribution in [0.25, 0.3) is 0 Å². The SMILES string of the molecule is OB(O)c1cc(CBr)cs1. The summed E-state index contributed by atoms with van der Waals surface area (Å²) in [4.78, 5) is 0. The predicted molar refractivity (Wildman–Crippen MR) is 46.8 cm³/mol. The number of hydrogen-bond donors (Lipinski definition) is 2. The van der Waals surface area contributed by atoms with Crippen LogP contribution in [0.4, 0.5) is 0 Å². The molecule has 1 rings (SSSR count). The van der Waals surface area contributed by atoms with Gasteiger partial charge in [0, 0.05) is 10.1 Å². The van der Waals surface area contributed by atoms with Gasteiger partial charge in [0.2, 0.25) is 0 Å². The minimum atomic E-state index is -1.32. The van der Waals surface area contributed by atoms with Crippen LogP contribution < -0.4 is 4.78 Å². The molecule has 0 atom stereocenters. The lowest BCUT2D eigenvalue weighted by molar-refractivity contribution is 0.427. The van der Waals surface area contributed by atoms with Crippen molar-refractivity contribution in [2.75, 3.05) is 0 Å². The zero-order chi connectivity index (χ0) is 7.56. The smallest absolute Gasteiger partial charge is 0.423 e. The van der Waals surface area contributed by atoms with E-state index in [4.69, 9.17) is 10.0 Å². The fourth-order valence-corrected chi connectivity index (χ4v) is 1.92. The molecule has 2 nitrogen and oxygen atoms in total. The molecule has 0 radical (unpaired) electrons. The third-order valence-corrected chi connectivity index (χ3v) is 2.75. The Labute approximate surface area is 71.8 Å². The van der Waals surface area contributed by atoms with Gasteiger partial charge in [-0.1, -0.05) is 15.9 Å². The van der Waals surface area contributed by atoms with E-state index in [9.17, 15) is 0 Å². The Hall–Kier alpha value is 0.165. The maximum Gasteiger partial charge on any atom is 0.499 e. The van der Waals surface area contributed by atoms with Crippen molar-refractivity contribution < 1.29 is 10.0 Å². The Kier molecular flexibility index (Phi) is 2.91. The summed E-state index contributed by atoms with van der Waals surface area (Å²) in [7, 11) is -1.32. The van der Waals surface area contributed by atoms with Gasteiger partial charge in [-0.05, 0) is 17.0 Å².